The largest absolute Gasteiger partial charge is 0.462 e. The second kappa shape index (κ2) is 14.8. The van der Waals surface area contributed by atoms with E-state index < -0.39 is 46.4 Å². The van der Waals surface area contributed by atoms with Crippen molar-refractivity contribution in [2.75, 3.05) is 18.9 Å². The number of nitrogens with zero attached hydrogens (tertiary/aromatic N) is 3. The van der Waals surface area contributed by atoms with Crippen molar-refractivity contribution in [3.8, 4) is 5.75 Å². The van der Waals surface area contributed by atoms with Crippen LogP contribution in [0.15, 0.2) is 54.6 Å². The van der Waals surface area contributed by atoms with E-state index in [4.69, 9.17) is 41.6 Å². The number of rotatable bonds is 16. The van der Waals surface area contributed by atoms with Gasteiger partial charge in [-0.3, -0.25) is 9.32 Å². The van der Waals surface area contributed by atoms with E-state index in [1.165, 1.54) is 12.1 Å². The van der Waals surface area contributed by atoms with Crippen LogP contribution in [0.5, 0.6) is 5.75 Å². The van der Waals surface area contributed by atoms with Crippen molar-refractivity contribution in [1.82, 2.24) is 19.6 Å². The number of nitrogens with one attached hydrogen (secondary N) is 1. The highest BCUT2D eigenvalue weighted by atomic mass is 31.2. The smallest absolute Gasteiger partial charge is 0.459 e. The summed E-state index contributed by atoms with van der Waals surface area (Å²) in [6.45, 7) is -5.92. The number of aromatic nitrogens is 3. The fourth-order valence-electron chi connectivity index (χ4n) is 4.71. The Balaban J connectivity index is 1.71. The molecule has 12 heteroatoms. The van der Waals surface area contributed by atoms with E-state index >= 15 is 0 Å². The lowest BCUT2D eigenvalue weighted by atomic mass is 10.1. The SMILES string of the molecule is [2H]C([2H])([2H])C(OC(=O)[C@@H](N[P@@](=O)(OCC[C@@H](CCC)n1c(COCC)nc2c(N)nc3ccccc3c21)Oc1ccccc1)C([2H])([2H])[2H])C([2H])([2H])[2H]. The van der Waals surface area contributed by atoms with Gasteiger partial charge in [0.15, 0.2) is 5.82 Å². The minimum Gasteiger partial charge on any atom is -0.462 e. The van der Waals surface area contributed by atoms with Crippen LogP contribution in [0, 0.1) is 0 Å². The Morgan fingerprint density at radius 2 is 1.84 bits per heavy atom. The first-order valence-electron chi connectivity index (χ1n) is 18.4. The third-order valence-electron chi connectivity index (χ3n) is 6.49. The Hall–Kier alpha value is -3.50. The topological polar surface area (TPSA) is 140 Å². The lowest BCUT2D eigenvalue weighted by Crippen LogP contribution is -2.36. The Bertz CT molecular complexity index is 1860. The van der Waals surface area contributed by atoms with Crippen LogP contribution >= 0.6 is 7.75 Å². The zero-order valence-corrected chi connectivity index (χ0v) is 24.9. The summed E-state index contributed by atoms with van der Waals surface area (Å²) >= 11 is 0. The lowest BCUT2D eigenvalue weighted by Gasteiger charge is -2.25. The molecule has 0 aliphatic rings. The van der Waals surface area contributed by atoms with E-state index in [1.807, 2.05) is 42.7 Å². The van der Waals surface area contributed by atoms with Gasteiger partial charge in [0.2, 0.25) is 0 Å². The van der Waals surface area contributed by atoms with Crippen LogP contribution in [-0.2, 0) is 30.0 Å². The van der Waals surface area contributed by atoms with E-state index in [-0.39, 0.29) is 37.2 Å². The predicted molar refractivity (Wildman–Crippen MR) is 168 cm³/mol. The van der Waals surface area contributed by atoms with Crippen LogP contribution in [0.4, 0.5) is 5.82 Å². The van der Waals surface area contributed by atoms with Crippen molar-refractivity contribution in [2.45, 2.75) is 78.5 Å². The van der Waals surface area contributed by atoms with Crippen molar-refractivity contribution in [3.05, 3.63) is 60.4 Å². The van der Waals surface area contributed by atoms with Crippen LogP contribution in [0.2, 0.25) is 0 Å². The summed E-state index contributed by atoms with van der Waals surface area (Å²) in [4.78, 5) is 22.5. The highest BCUT2D eigenvalue weighted by Gasteiger charge is 2.33. The molecule has 0 aliphatic heterocycles. The van der Waals surface area contributed by atoms with Gasteiger partial charge in [-0.25, -0.2) is 14.5 Å². The number of anilines is 1. The molecule has 11 nitrogen and oxygen atoms in total. The molecule has 0 spiro atoms. The van der Waals surface area contributed by atoms with E-state index in [2.05, 4.69) is 10.1 Å². The third kappa shape index (κ3) is 8.12. The first-order valence-corrected chi connectivity index (χ1v) is 15.4. The number of nitrogen functional groups attached to an aromatic ring is 1. The van der Waals surface area contributed by atoms with Crippen LogP contribution in [-0.4, -0.2) is 45.9 Å². The van der Waals surface area contributed by atoms with Crippen molar-refractivity contribution >= 4 is 41.5 Å². The second-order valence-corrected chi connectivity index (χ2v) is 11.3. The number of carbonyl (C=O) groups is 1. The summed E-state index contributed by atoms with van der Waals surface area (Å²) in [6, 6.07) is 12.1. The quantitative estimate of drug-likeness (QED) is 0.104. The zero-order valence-electron chi connectivity index (χ0n) is 33.0. The molecule has 0 aliphatic carbocycles. The number of hydrogen-bond acceptors (Lipinski definition) is 9. The number of esters is 1. The average Bonchev–Trinajstić information content (AvgIpc) is 3.44. The van der Waals surface area contributed by atoms with E-state index in [0.29, 0.717) is 41.8 Å². The Morgan fingerprint density at radius 3 is 2.56 bits per heavy atom. The van der Waals surface area contributed by atoms with Crippen LogP contribution in [0.3, 0.4) is 0 Å². The molecule has 0 unspecified atom stereocenters. The average molecular weight is 621 g/mol. The van der Waals surface area contributed by atoms with Gasteiger partial charge in [0, 0.05) is 30.4 Å². The summed E-state index contributed by atoms with van der Waals surface area (Å²) in [7, 11) is -4.82. The van der Waals surface area contributed by atoms with Gasteiger partial charge in [0.25, 0.3) is 0 Å². The number of para-hydroxylation sites is 2. The molecule has 0 bridgehead atoms. The van der Waals surface area contributed by atoms with Gasteiger partial charge >= 0.3 is 13.7 Å². The number of ether oxygens (including phenoxy) is 2. The molecule has 4 rings (SSSR count). The summed E-state index contributed by atoms with van der Waals surface area (Å²) in [6.07, 6.45) is -1.21. The van der Waals surface area contributed by atoms with Gasteiger partial charge in [-0.1, -0.05) is 49.7 Å². The van der Waals surface area contributed by atoms with Gasteiger partial charge in [0.1, 0.15) is 29.7 Å². The Labute approximate surface area is 265 Å². The zero-order chi connectivity index (χ0) is 38.5. The van der Waals surface area contributed by atoms with Gasteiger partial charge < -0.3 is 24.3 Å². The minimum absolute atomic E-state index is 0.0157. The standard InChI is InChI=1S/C31H42N5O6P/c1-6-13-23(36-27(20-39-7-2)34-28-29(36)25-16-11-12-17-26(25)33-30(28)32)18-19-40-43(38,42-24-14-9-8-10-15-24)35-22(5)31(37)41-21(3)4/h8-12,14-17,21-23H,6-7,13,18-20H2,1-5H3,(H2,32,33)(H,35,38)/t22-,23+,43+/m0/s1/i3D3,4D3,5D3. The van der Waals surface area contributed by atoms with Crippen molar-refractivity contribution in [3.63, 3.8) is 0 Å². The lowest BCUT2D eigenvalue weighted by molar-refractivity contribution is -0.149. The van der Waals surface area contributed by atoms with E-state index in [1.54, 1.807) is 18.2 Å². The highest BCUT2D eigenvalue weighted by molar-refractivity contribution is 7.52. The number of nitrogens with two attached hydrogens (primary N) is 1. The summed E-state index contributed by atoms with van der Waals surface area (Å²) in [5, 5.41) is 2.90. The predicted octanol–water partition coefficient (Wildman–Crippen LogP) is 6.57. The number of pyridine rings is 1. The molecule has 0 saturated heterocycles. The van der Waals surface area contributed by atoms with Crippen molar-refractivity contribution in [1.29, 1.82) is 0 Å². The monoisotopic (exact) mass is 620 g/mol. The molecule has 0 radical (unpaired) electrons. The Kier molecular flexibility index (Phi) is 7.59. The molecule has 2 aromatic carbocycles. The summed E-state index contributed by atoms with van der Waals surface area (Å²) in [5.74, 6) is -1.03. The normalized spacial score (nSPS) is 18.5. The number of fused-ring (bicyclic) bond motifs is 3. The number of carbonyl (C=O) groups excluding carboxylic acids is 1. The van der Waals surface area contributed by atoms with Crippen LogP contribution in [0.25, 0.3) is 21.9 Å². The number of benzene rings is 2. The van der Waals surface area contributed by atoms with Gasteiger partial charge in [-0.05, 0) is 58.5 Å². The first kappa shape index (κ1) is 22.1. The summed E-state index contributed by atoms with van der Waals surface area (Å²) < 4.78 is 108. The van der Waals surface area contributed by atoms with E-state index in [9.17, 15) is 9.36 Å². The summed E-state index contributed by atoms with van der Waals surface area (Å²) in [5.41, 5.74) is 8.19. The molecule has 4 aromatic rings. The molecule has 2 aromatic heterocycles. The molecule has 43 heavy (non-hydrogen) atoms. The van der Waals surface area contributed by atoms with Gasteiger partial charge in [0.05, 0.1) is 23.7 Å². The molecular weight excluding hydrogens is 569 g/mol. The molecule has 0 amide bonds. The molecule has 0 saturated carbocycles. The van der Waals surface area contributed by atoms with Crippen molar-refractivity contribution in [2.24, 2.45) is 0 Å². The Morgan fingerprint density at radius 1 is 1.07 bits per heavy atom. The van der Waals surface area contributed by atoms with Crippen molar-refractivity contribution < 1.29 is 40.2 Å². The maximum absolute atomic E-state index is 14.4. The fraction of sp³-hybridized carbons (Fsp3) is 0.452. The fourth-order valence-corrected chi connectivity index (χ4v) is 6.05. The highest BCUT2D eigenvalue weighted by Crippen LogP contribution is 2.45. The molecule has 3 N–H and O–H groups in total. The van der Waals surface area contributed by atoms with E-state index in [0.717, 1.165) is 5.39 Å². The maximum Gasteiger partial charge on any atom is 0.459 e. The van der Waals surface area contributed by atoms with Gasteiger partial charge in [-0.2, -0.15) is 5.09 Å². The van der Waals surface area contributed by atoms with Crippen LogP contribution in [0.1, 0.15) is 77.9 Å². The first-order chi connectivity index (χ1) is 24.3. The maximum atomic E-state index is 14.4. The second-order valence-electron chi connectivity index (χ2n) is 9.59. The molecule has 232 valence electrons. The minimum atomic E-state index is -4.82. The van der Waals surface area contributed by atoms with Crippen LogP contribution < -0.4 is 15.3 Å². The molecule has 3 atom stereocenters. The number of hydrogen-bond donors (Lipinski definition) is 2. The van der Waals surface area contributed by atoms with Gasteiger partial charge in [-0.15, -0.1) is 0 Å². The third-order valence-corrected chi connectivity index (χ3v) is 8.04. The molecule has 2 heterocycles. The number of imidazole rings is 1. The molecule has 0 fully saturated rings. The molecular formula is C31H42N5O6P.